The number of carbonyl (C=O) groups excluding carboxylic acids is 2. The van der Waals surface area contributed by atoms with Gasteiger partial charge in [0.15, 0.2) is 0 Å². The highest BCUT2D eigenvalue weighted by Gasteiger charge is 2.26. The maximum absolute atomic E-state index is 12.3. The Morgan fingerprint density at radius 3 is 2.30 bits per heavy atom. The summed E-state index contributed by atoms with van der Waals surface area (Å²) in [6, 6.07) is 0.0312. The van der Waals surface area contributed by atoms with Crippen LogP contribution in [-0.4, -0.2) is 60.5 Å². The van der Waals surface area contributed by atoms with Gasteiger partial charge in [0.1, 0.15) is 6.04 Å². The van der Waals surface area contributed by atoms with Crippen LogP contribution in [0.25, 0.3) is 0 Å². The molecule has 0 bridgehead atoms. The predicted molar refractivity (Wildman–Crippen MR) is 94.8 cm³/mol. The van der Waals surface area contributed by atoms with E-state index < -0.39 is 12.1 Å². The molecular formula is C16H31N3O3S. The van der Waals surface area contributed by atoms with Crippen molar-refractivity contribution < 1.29 is 14.3 Å². The molecule has 7 heteroatoms. The number of nitrogens with zero attached hydrogens (tertiary/aromatic N) is 1. The molecular weight excluding hydrogens is 314 g/mol. The summed E-state index contributed by atoms with van der Waals surface area (Å²) in [6.45, 7) is 10.6. The van der Waals surface area contributed by atoms with Crippen molar-refractivity contribution in [3.8, 4) is 0 Å². The number of rotatable bonds is 7. The first-order valence-corrected chi connectivity index (χ1v) is 9.05. The molecule has 0 spiro atoms. The van der Waals surface area contributed by atoms with Crippen LogP contribution in [-0.2, 0) is 9.53 Å². The number of hydrogen-bond donors (Lipinski definition) is 3. The second kappa shape index (κ2) is 10.0. The molecule has 2 N–H and O–H groups in total. The van der Waals surface area contributed by atoms with E-state index in [0.717, 1.165) is 25.9 Å². The second-order valence-electron chi connectivity index (χ2n) is 6.78. The van der Waals surface area contributed by atoms with Gasteiger partial charge in [-0.25, -0.2) is 4.79 Å². The molecule has 1 atom stereocenters. The summed E-state index contributed by atoms with van der Waals surface area (Å²) < 4.78 is 5.05. The van der Waals surface area contributed by atoms with E-state index in [2.05, 4.69) is 42.0 Å². The van der Waals surface area contributed by atoms with Crippen molar-refractivity contribution in [2.75, 3.05) is 25.4 Å². The first-order chi connectivity index (χ1) is 10.8. The molecule has 134 valence electrons. The van der Waals surface area contributed by atoms with Crippen LogP contribution in [0, 0.1) is 5.92 Å². The normalized spacial score (nSPS) is 18.0. The lowest BCUT2D eigenvalue weighted by Gasteiger charge is -2.35. The average Bonchev–Trinajstić information content (AvgIpc) is 2.50. The highest BCUT2D eigenvalue weighted by molar-refractivity contribution is 7.80. The first-order valence-electron chi connectivity index (χ1n) is 8.42. The molecule has 1 aliphatic rings. The summed E-state index contributed by atoms with van der Waals surface area (Å²) in [5, 5.41) is 5.59. The monoisotopic (exact) mass is 345 g/mol. The van der Waals surface area contributed by atoms with Crippen molar-refractivity contribution in [2.45, 2.75) is 58.7 Å². The van der Waals surface area contributed by atoms with Crippen molar-refractivity contribution in [3.05, 3.63) is 0 Å². The Balaban J connectivity index is 2.38. The van der Waals surface area contributed by atoms with Crippen molar-refractivity contribution >= 4 is 24.6 Å². The standard InChI is InChI=1S/C16H31N3O3S/c1-11(2)9-22-16(21)18-14(10-23)15(20)17-13-5-7-19(8-6-13)12(3)4/h11-14,23H,5-10H2,1-4H3,(H,17,20)(H,18,21)/t14-/m0/s1. The van der Waals surface area contributed by atoms with Gasteiger partial charge in [0.2, 0.25) is 5.91 Å². The molecule has 1 heterocycles. The first kappa shape index (κ1) is 20.1. The molecule has 6 nitrogen and oxygen atoms in total. The molecule has 2 amide bonds. The molecule has 1 fully saturated rings. The van der Waals surface area contributed by atoms with E-state index in [1.807, 2.05) is 13.8 Å². The maximum atomic E-state index is 12.3. The molecule has 1 saturated heterocycles. The molecule has 1 aliphatic heterocycles. The van der Waals surface area contributed by atoms with Crippen LogP contribution in [0.2, 0.25) is 0 Å². The van der Waals surface area contributed by atoms with Crippen LogP contribution in [0.1, 0.15) is 40.5 Å². The minimum absolute atomic E-state index is 0.161. The summed E-state index contributed by atoms with van der Waals surface area (Å²) in [5.41, 5.74) is 0. The fraction of sp³-hybridized carbons (Fsp3) is 0.875. The quantitative estimate of drug-likeness (QED) is 0.614. The van der Waals surface area contributed by atoms with E-state index in [1.54, 1.807) is 0 Å². The molecule has 23 heavy (non-hydrogen) atoms. The van der Waals surface area contributed by atoms with Crippen LogP contribution >= 0.6 is 12.6 Å². The molecule has 0 aromatic heterocycles. The lowest BCUT2D eigenvalue weighted by atomic mass is 10.0. The van der Waals surface area contributed by atoms with Gasteiger partial charge < -0.3 is 20.3 Å². The zero-order valence-corrected chi connectivity index (χ0v) is 15.6. The van der Waals surface area contributed by atoms with Gasteiger partial charge in [0.05, 0.1) is 6.61 Å². The zero-order valence-electron chi connectivity index (χ0n) is 14.7. The van der Waals surface area contributed by atoms with Gasteiger partial charge in [-0.1, -0.05) is 13.8 Å². The van der Waals surface area contributed by atoms with Gasteiger partial charge >= 0.3 is 6.09 Å². The Labute approximate surface area is 145 Å². The number of nitrogens with one attached hydrogen (secondary N) is 2. The fourth-order valence-electron chi connectivity index (χ4n) is 2.48. The van der Waals surface area contributed by atoms with E-state index in [4.69, 9.17) is 4.74 Å². The molecule has 0 aliphatic carbocycles. The van der Waals surface area contributed by atoms with E-state index in [0.29, 0.717) is 12.6 Å². The zero-order chi connectivity index (χ0) is 17.4. The Kier molecular flexibility index (Phi) is 8.76. The summed E-state index contributed by atoms with van der Waals surface area (Å²) in [4.78, 5) is 26.4. The van der Waals surface area contributed by atoms with Gasteiger partial charge in [-0.3, -0.25) is 4.79 Å². The minimum atomic E-state index is -0.666. The number of likely N-dealkylation sites (tertiary alicyclic amines) is 1. The van der Waals surface area contributed by atoms with Crippen LogP contribution in [0.15, 0.2) is 0 Å². The number of ether oxygens (including phenoxy) is 1. The van der Waals surface area contributed by atoms with Gasteiger partial charge in [-0.2, -0.15) is 12.6 Å². The molecule has 0 aromatic rings. The van der Waals surface area contributed by atoms with Crippen molar-refractivity contribution in [1.29, 1.82) is 0 Å². The number of piperidine rings is 1. The summed E-state index contributed by atoms with van der Waals surface area (Å²) >= 11 is 4.16. The van der Waals surface area contributed by atoms with Crippen molar-refractivity contribution in [2.24, 2.45) is 5.92 Å². The fourth-order valence-corrected chi connectivity index (χ4v) is 2.74. The number of alkyl carbamates (subject to hydrolysis) is 1. The summed E-state index contributed by atoms with van der Waals surface area (Å²) in [6.07, 6.45) is 1.30. The van der Waals surface area contributed by atoms with Crippen LogP contribution in [0.5, 0.6) is 0 Å². The number of hydrogen-bond acceptors (Lipinski definition) is 5. The maximum Gasteiger partial charge on any atom is 0.407 e. The lowest BCUT2D eigenvalue weighted by molar-refractivity contribution is -0.123. The van der Waals surface area contributed by atoms with Crippen LogP contribution in [0.4, 0.5) is 4.79 Å². The Morgan fingerprint density at radius 1 is 1.22 bits per heavy atom. The number of amides is 2. The molecule has 0 radical (unpaired) electrons. The van der Waals surface area contributed by atoms with Crippen LogP contribution < -0.4 is 10.6 Å². The van der Waals surface area contributed by atoms with E-state index in [-0.39, 0.29) is 23.6 Å². The highest BCUT2D eigenvalue weighted by Crippen LogP contribution is 2.13. The van der Waals surface area contributed by atoms with Crippen LogP contribution in [0.3, 0.4) is 0 Å². The largest absolute Gasteiger partial charge is 0.449 e. The van der Waals surface area contributed by atoms with E-state index in [1.165, 1.54) is 0 Å². The third-order valence-corrected chi connectivity index (χ3v) is 4.31. The van der Waals surface area contributed by atoms with Gasteiger partial charge in [0, 0.05) is 30.9 Å². The van der Waals surface area contributed by atoms with E-state index >= 15 is 0 Å². The molecule has 1 rings (SSSR count). The minimum Gasteiger partial charge on any atom is -0.449 e. The predicted octanol–water partition coefficient (Wildman–Crippen LogP) is 1.66. The Bertz CT molecular complexity index is 383. The number of carbonyl (C=O) groups is 2. The van der Waals surface area contributed by atoms with Gasteiger partial charge in [-0.05, 0) is 32.6 Å². The highest BCUT2D eigenvalue weighted by atomic mass is 32.1. The number of thiol groups is 1. The second-order valence-corrected chi connectivity index (χ2v) is 7.15. The van der Waals surface area contributed by atoms with E-state index in [9.17, 15) is 9.59 Å². The van der Waals surface area contributed by atoms with Crippen molar-refractivity contribution in [3.63, 3.8) is 0 Å². The van der Waals surface area contributed by atoms with Crippen molar-refractivity contribution in [1.82, 2.24) is 15.5 Å². The molecule has 0 aromatic carbocycles. The van der Waals surface area contributed by atoms with Gasteiger partial charge in [0.25, 0.3) is 0 Å². The third-order valence-electron chi connectivity index (χ3n) is 3.95. The molecule has 0 unspecified atom stereocenters. The Morgan fingerprint density at radius 2 is 1.83 bits per heavy atom. The third kappa shape index (κ3) is 7.44. The average molecular weight is 346 g/mol. The topological polar surface area (TPSA) is 70.7 Å². The SMILES string of the molecule is CC(C)COC(=O)N[C@@H](CS)C(=O)NC1CCN(C(C)C)CC1. The van der Waals surface area contributed by atoms with Gasteiger partial charge in [-0.15, -0.1) is 0 Å². The smallest absolute Gasteiger partial charge is 0.407 e. The lowest BCUT2D eigenvalue weighted by Crippen LogP contribution is -2.53. The summed E-state index contributed by atoms with van der Waals surface area (Å²) in [7, 11) is 0. The summed E-state index contributed by atoms with van der Waals surface area (Å²) in [5.74, 6) is 0.313. The Hall–Kier alpha value is -0.950. The molecule has 0 saturated carbocycles.